The summed E-state index contributed by atoms with van der Waals surface area (Å²) >= 11 is -2.61. The molecule has 3 rings (SSSR count). The third-order valence-corrected chi connectivity index (χ3v) is 12.9. The van der Waals surface area contributed by atoms with Crippen LogP contribution in [0, 0.1) is 0 Å². The molecule has 0 aromatic heterocycles. The maximum absolute atomic E-state index is 13.2. The fourth-order valence-electron chi connectivity index (χ4n) is 3.86. The van der Waals surface area contributed by atoms with Crippen molar-refractivity contribution in [3.8, 4) is 0 Å². The Hall–Kier alpha value is -2.27. The zero-order valence-electron chi connectivity index (χ0n) is 16.7. The van der Waals surface area contributed by atoms with Gasteiger partial charge < -0.3 is 0 Å². The van der Waals surface area contributed by atoms with Gasteiger partial charge in [0.2, 0.25) is 0 Å². The van der Waals surface area contributed by atoms with Crippen LogP contribution in [0.5, 0.6) is 0 Å². The standard InChI is InChI=1S/C23H28GeN2O/c1-7-13-25(5)17-9-11-19-21(15-17)24(3,4)22-16-18(26(6)14-8-2)10-12-20(22)23(19)27/h7-12,15-16H,1-2,13-14H2,3-6H3. The first-order chi connectivity index (χ1) is 12.8. The van der Waals surface area contributed by atoms with E-state index in [1.807, 2.05) is 24.3 Å². The summed E-state index contributed by atoms with van der Waals surface area (Å²) in [7, 11) is 4.12. The fraction of sp³-hybridized carbons (Fsp3) is 0.261. The van der Waals surface area contributed by atoms with Gasteiger partial charge in [-0.25, -0.2) is 0 Å². The van der Waals surface area contributed by atoms with Crippen LogP contribution in [0.1, 0.15) is 15.9 Å². The zero-order chi connectivity index (χ0) is 19.8. The summed E-state index contributed by atoms with van der Waals surface area (Å²) in [6.45, 7) is 9.23. The molecule has 0 unspecified atom stereocenters. The van der Waals surface area contributed by atoms with E-state index in [0.717, 1.165) is 35.6 Å². The summed E-state index contributed by atoms with van der Waals surface area (Å²) in [6.07, 6.45) is 3.79. The molecule has 1 aliphatic rings. The summed E-state index contributed by atoms with van der Waals surface area (Å²) in [5.41, 5.74) is 4.05. The van der Waals surface area contributed by atoms with Crippen molar-refractivity contribution in [2.45, 2.75) is 11.5 Å². The molecule has 1 aliphatic heterocycles. The summed E-state index contributed by atoms with van der Waals surface area (Å²) in [6, 6.07) is 12.6. The number of likely N-dealkylation sites (N-methyl/N-ethyl adjacent to an activating group) is 2. The van der Waals surface area contributed by atoms with Gasteiger partial charge in [0.05, 0.1) is 0 Å². The zero-order valence-corrected chi connectivity index (χ0v) is 18.8. The molecule has 0 spiro atoms. The van der Waals surface area contributed by atoms with Gasteiger partial charge in [-0.05, 0) is 0 Å². The third-order valence-electron chi connectivity index (χ3n) is 5.53. The molecule has 0 saturated carbocycles. The van der Waals surface area contributed by atoms with E-state index < -0.39 is 13.3 Å². The first-order valence-corrected chi connectivity index (χ1v) is 15.6. The van der Waals surface area contributed by atoms with Crippen molar-refractivity contribution in [3.63, 3.8) is 0 Å². The van der Waals surface area contributed by atoms with Crippen molar-refractivity contribution < 1.29 is 4.79 Å². The van der Waals surface area contributed by atoms with Gasteiger partial charge in [0.25, 0.3) is 0 Å². The number of nitrogens with zero attached hydrogens (tertiary/aromatic N) is 2. The van der Waals surface area contributed by atoms with Crippen LogP contribution in [-0.2, 0) is 0 Å². The van der Waals surface area contributed by atoms with E-state index in [9.17, 15) is 4.79 Å². The van der Waals surface area contributed by atoms with Crippen LogP contribution >= 0.6 is 0 Å². The molecule has 0 fully saturated rings. The Morgan fingerprint density at radius 1 is 0.852 bits per heavy atom. The third kappa shape index (κ3) is 3.36. The molecule has 1 heterocycles. The summed E-state index contributed by atoms with van der Waals surface area (Å²) < 4.78 is 2.54. The average Bonchev–Trinajstić information content (AvgIpc) is 2.66. The van der Waals surface area contributed by atoms with Crippen molar-refractivity contribution in [2.24, 2.45) is 0 Å². The topological polar surface area (TPSA) is 23.6 Å². The van der Waals surface area contributed by atoms with Crippen LogP contribution in [-0.4, -0.2) is 46.2 Å². The molecule has 2 aromatic carbocycles. The van der Waals surface area contributed by atoms with Gasteiger partial charge in [0, 0.05) is 0 Å². The maximum atomic E-state index is 13.2. The minimum atomic E-state index is -2.61. The Morgan fingerprint density at radius 3 is 1.63 bits per heavy atom. The van der Waals surface area contributed by atoms with E-state index in [1.54, 1.807) is 0 Å². The van der Waals surface area contributed by atoms with E-state index in [-0.39, 0.29) is 5.78 Å². The molecule has 3 nitrogen and oxygen atoms in total. The average molecular weight is 421 g/mol. The fourth-order valence-corrected chi connectivity index (χ4v) is 10.3. The second-order valence-corrected chi connectivity index (χ2v) is 16.8. The number of fused-ring (bicyclic) bond motifs is 2. The van der Waals surface area contributed by atoms with E-state index in [2.05, 4.69) is 72.8 Å². The van der Waals surface area contributed by atoms with Gasteiger partial charge in [0.15, 0.2) is 0 Å². The number of hydrogen-bond acceptors (Lipinski definition) is 3. The molecule has 140 valence electrons. The molecule has 27 heavy (non-hydrogen) atoms. The van der Waals surface area contributed by atoms with Crippen molar-refractivity contribution in [3.05, 3.63) is 72.8 Å². The number of anilines is 2. The van der Waals surface area contributed by atoms with E-state index in [1.165, 1.54) is 8.79 Å². The molecule has 0 atom stereocenters. The summed E-state index contributed by atoms with van der Waals surface area (Å²) in [4.78, 5) is 17.5. The van der Waals surface area contributed by atoms with Gasteiger partial charge in [0.1, 0.15) is 0 Å². The second-order valence-electron chi connectivity index (χ2n) is 7.75. The van der Waals surface area contributed by atoms with Gasteiger partial charge in [-0.15, -0.1) is 0 Å². The number of carbonyl (C=O) groups excluding carboxylic acids is 1. The molecule has 0 bridgehead atoms. The minimum absolute atomic E-state index is 0.154. The molecular weight excluding hydrogens is 393 g/mol. The first-order valence-electron chi connectivity index (χ1n) is 9.29. The van der Waals surface area contributed by atoms with Gasteiger partial charge in [-0.3, -0.25) is 0 Å². The molecule has 0 radical (unpaired) electrons. The van der Waals surface area contributed by atoms with Crippen LogP contribution < -0.4 is 18.6 Å². The molecule has 0 amide bonds. The Bertz CT molecular complexity index is 845. The van der Waals surface area contributed by atoms with Gasteiger partial charge >= 0.3 is 165 Å². The van der Waals surface area contributed by atoms with Crippen LogP contribution in [0.4, 0.5) is 11.4 Å². The number of hydrogen-bond donors (Lipinski definition) is 0. The monoisotopic (exact) mass is 422 g/mol. The Balaban J connectivity index is 2.13. The SMILES string of the molecule is C=CCN(C)c1ccc2[c](c1)[Ge]([CH3])([CH3])[c]1cc(N(C)CC=C)ccc1C2=O. The first kappa shape index (κ1) is 19.5. The molecular formula is C23H28GeN2O. The number of ketones is 1. The molecule has 0 saturated heterocycles. The quantitative estimate of drug-likeness (QED) is 0.529. The number of rotatable bonds is 6. The van der Waals surface area contributed by atoms with Crippen LogP contribution in [0.15, 0.2) is 61.7 Å². The van der Waals surface area contributed by atoms with Crippen LogP contribution in [0.25, 0.3) is 0 Å². The van der Waals surface area contributed by atoms with Crippen molar-refractivity contribution in [1.82, 2.24) is 0 Å². The number of benzene rings is 2. The van der Waals surface area contributed by atoms with E-state index in [4.69, 9.17) is 0 Å². The van der Waals surface area contributed by atoms with Crippen molar-refractivity contribution in [1.29, 1.82) is 0 Å². The molecule has 0 N–H and O–H groups in total. The Kier molecular flexibility index (Phi) is 5.34. The molecule has 2 aromatic rings. The van der Waals surface area contributed by atoms with E-state index in [0.29, 0.717) is 0 Å². The van der Waals surface area contributed by atoms with Gasteiger partial charge in [-0.2, -0.15) is 0 Å². The normalized spacial score (nSPS) is 14.1. The van der Waals surface area contributed by atoms with Crippen molar-refractivity contribution >= 4 is 39.2 Å². The second kappa shape index (κ2) is 7.39. The summed E-state index contributed by atoms with van der Waals surface area (Å²) in [5.74, 6) is 4.93. The Morgan fingerprint density at radius 2 is 1.26 bits per heavy atom. The predicted octanol–water partition coefficient (Wildman–Crippen LogP) is 3.30. The van der Waals surface area contributed by atoms with Crippen molar-refractivity contribution in [2.75, 3.05) is 37.0 Å². The summed E-state index contributed by atoms with van der Waals surface area (Å²) in [5, 5.41) is 0. The van der Waals surface area contributed by atoms with E-state index >= 15 is 0 Å². The molecule has 4 heteroatoms. The predicted molar refractivity (Wildman–Crippen MR) is 120 cm³/mol. The molecule has 0 aliphatic carbocycles. The Labute approximate surface area is 165 Å². The van der Waals surface area contributed by atoms with Crippen LogP contribution in [0.3, 0.4) is 0 Å². The number of carbonyl (C=O) groups is 1. The van der Waals surface area contributed by atoms with Crippen LogP contribution in [0.2, 0.25) is 11.5 Å². The van der Waals surface area contributed by atoms with Gasteiger partial charge in [-0.1, -0.05) is 0 Å².